The fraction of sp³-hybridized carbons (Fsp3) is 0.100. The van der Waals surface area contributed by atoms with Gasteiger partial charge >= 0.3 is 6.18 Å². The van der Waals surface area contributed by atoms with E-state index in [1.165, 1.54) is 12.1 Å². The van der Waals surface area contributed by atoms with Crippen molar-refractivity contribution in [2.24, 2.45) is 5.14 Å². The van der Waals surface area contributed by atoms with E-state index in [0.717, 1.165) is 29.7 Å². The minimum atomic E-state index is -4.47. The molecule has 0 atom stereocenters. The lowest BCUT2D eigenvalue weighted by molar-refractivity contribution is -0.137. The zero-order valence-electron chi connectivity index (χ0n) is 9.18. The summed E-state index contributed by atoms with van der Waals surface area (Å²) in [5.74, 6) is 0. The lowest BCUT2D eigenvalue weighted by Gasteiger charge is -2.06. The number of sulfonamides is 1. The van der Waals surface area contributed by atoms with Crippen LogP contribution in [0.3, 0.4) is 0 Å². The summed E-state index contributed by atoms with van der Waals surface area (Å²) in [7, 11) is -3.86. The summed E-state index contributed by atoms with van der Waals surface area (Å²) in [6.07, 6.45) is -3.45. The molecule has 2 aromatic rings. The summed E-state index contributed by atoms with van der Waals surface area (Å²) >= 11 is 0.769. The highest BCUT2D eigenvalue weighted by molar-refractivity contribution is 7.91. The highest BCUT2D eigenvalue weighted by atomic mass is 32.2. The number of alkyl halides is 3. The van der Waals surface area contributed by atoms with E-state index in [2.05, 4.69) is 4.98 Å². The molecule has 0 fully saturated rings. The van der Waals surface area contributed by atoms with Crippen molar-refractivity contribution >= 4 is 21.4 Å². The normalized spacial score (nSPS) is 12.6. The molecule has 0 aliphatic rings. The number of rotatable bonds is 2. The number of halogens is 3. The van der Waals surface area contributed by atoms with Gasteiger partial charge in [0.25, 0.3) is 0 Å². The number of pyridine rings is 1. The Bertz CT molecular complexity index is 708. The maximum Gasteiger partial charge on any atom is 0.416 e. The van der Waals surface area contributed by atoms with Crippen molar-refractivity contribution < 1.29 is 21.6 Å². The van der Waals surface area contributed by atoms with E-state index in [1.54, 1.807) is 0 Å². The van der Waals surface area contributed by atoms with E-state index in [0.29, 0.717) is 4.88 Å². The average Bonchev–Trinajstić information content (AvgIpc) is 2.77. The minimum Gasteiger partial charge on any atom is -0.255 e. The fourth-order valence-corrected chi connectivity index (χ4v) is 3.05. The summed E-state index contributed by atoms with van der Waals surface area (Å²) < 4.78 is 59.7. The summed E-state index contributed by atoms with van der Waals surface area (Å²) in [6, 6.07) is 4.31. The van der Waals surface area contributed by atoms with Crippen molar-refractivity contribution in [3.8, 4) is 10.6 Å². The van der Waals surface area contributed by atoms with Crippen LogP contribution in [0, 0.1) is 0 Å². The van der Waals surface area contributed by atoms with E-state index in [4.69, 9.17) is 5.14 Å². The molecular formula is C10H7F3N2O2S2. The molecule has 2 rings (SSSR count). The molecule has 0 radical (unpaired) electrons. The van der Waals surface area contributed by atoms with Gasteiger partial charge in [-0.2, -0.15) is 13.2 Å². The first-order valence-electron chi connectivity index (χ1n) is 4.84. The van der Waals surface area contributed by atoms with Crippen LogP contribution in [-0.2, 0) is 16.2 Å². The van der Waals surface area contributed by atoms with Gasteiger partial charge in [-0.1, -0.05) is 0 Å². The van der Waals surface area contributed by atoms with Crippen molar-refractivity contribution in [1.82, 2.24) is 4.98 Å². The zero-order chi connectivity index (χ0) is 14.3. The second-order valence-corrected chi connectivity index (χ2v) is 6.46. The van der Waals surface area contributed by atoms with Gasteiger partial charge in [0.15, 0.2) is 0 Å². The molecule has 0 aromatic carbocycles. The number of hydrogen-bond acceptors (Lipinski definition) is 4. The van der Waals surface area contributed by atoms with Gasteiger partial charge in [-0.25, -0.2) is 13.6 Å². The smallest absolute Gasteiger partial charge is 0.255 e. The quantitative estimate of drug-likeness (QED) is 0.926. The molecule has 19 heavy (non-hydrogen) atoms. The average molecular weight is 308 g/mol. The van der Waals surface area contributed by atoms with Gasteiger partial charge < -0.3 is 0 Å². The van der Waals surface area contributed by atoms with Crippen LogP contribution in [0.1, 0.15) is 5.56 Å². The zero-order valence-corrected chi connectivity index (χ0v) is 10.8. The molecule has 102 valence electrons. The summed E-state index contributed by atoms with van der Waals surface area (Å²) in [5, 5.41) is 4.93. The highest BCUT2D eigenvalue weighted by Gasteiger charge is 2.31. The minimum absolute atomic E-state index is 0.0507. The molecule has 0 aliphatic carbocycles. The van der Waals surface area contributed by atoms with Crippen molar-refractivity contribution in [3.63, 3.8) is 0 Å². The Morgan fingerprint density at radius 3 is 2.42 bits per heavy atom. The Morgan fingerprint density at radius 1 is 1.21 bits per heavy atom. The number of primary sulfonamides is 1. The Hall–Kier alpha value is -1.45. The molecule has 0 amide bonds. The third-order valence-electron chi connectivity index (χ3n) is 2.20. The topological polar surface area (TPSA) is 73.1 Å². The first-order chi connectivity index (χ1) is 8.68. The van der Waals surface area contributed by atoms with Crippen LogP contribution in [-0.4, -0.2) is 13.4 Å². The largest absolute Gasteiger partial charge is 0.416 e. The standard InChI is InChI=1S/C10H7F3N2O2S2/c11-10(12,13)6-3-4-15-7(5-6)8-1-2-9(18-8)19(14,16)17/h1-5H,(H2,14,16,17). The molecule has 0 saturated heterocycles. The molecule has 0 unspecified atom stereocenters. The molecule has 2 aromatic heterocycles. The Labute approximate surface area is 110 Å². The number of thiophene rings is 1. The maximum absolute atomic E-state index is 12.5. The fourth-order valence-electron chi connectivity index (χ4n) is 1.35. The van der Waals surface area contributed by atoms with E-state index in [9.17, 15) is 21.6 Å². The number of aromatic nitrogens is 1. The number of nitrogens with zero attached hydrogens (tertiary/aromatic N) is 1. The molecule has 2 heterocycles. The first kappa shape index (κ1) is 14.0. The predicted octanol–water partition coefficient (Wildman–Crippen LogP) is 2.48. The van der Waals surface area contributed by atoms with Gasteiger partial charge in [0.05, 0.1) is 16.1 Å². The van der Waals surface area contributed by atoms with Gasteiger partial charge in [0.1, 0.15) is 4.21 Å². The van der Waals surface area contributed by atoms with Crippen LogP contribution < -0.4 is 5.14 Å². The van der Waals surface area contributed by atoms with Crippen LogP contribution >= 0.6 is 11.3 Å². The SMILES string of the molecule is NS(=O)(=O)c1ccc(-c2cc(C(F)(F)F)ccn2)s1. The second-order valence-electron chi connectivity index (χ2n) is 3.59. The van der Waals surface area contributed by atoms with Crippen LogP contribution in [0.25, 0.3) is 10.6 Å². The van der Waals surface area contributed by atoms with Gasteiger partial charge in [-0.15, -0.1) is 11.3 Å². The van der Waals surface area contributed by atoms with E-state index in [1.807, 2.05) is 0 Å². The second kappa shape index (κ2) is 4.58. The Kier molecular flexibility index (Phi) is 3.37. The predicted molar refractivity (Wildman–Crippen MR) is 63.9 cm³/mol. The molecule has 0 bridgehead atoms. The number of hydrogen-bond donors (Lipinski definition) is 1. The van der Waals surface area contributed by atoms with Crippen molar-refractivity contribution in [3.05, 3.63) is 36.0 Å². The van der Waals surface area contributed by atoms with Crippen molar-refractivity contribution in [2.45, 2.75) is 10.4 Å². The summed E-state index contributed by atoms with van der Waals surface area (Å²) in [4.78, 5) is 4.09. The summed E-state index contributed by atoms with van der Waals surface area (Å²) in [6.45, 7) is 0. The van der Waals surface area contributed by atoms with Crippen LogP contribution in [0.2, 0.25) is 0 Å². The van der Waals surface area contributed by atoms with Gasteiger partial charge in [-0.05, 0) is 24.3 Å². The third-order valence-corrected chi connectivity index (χ3v) is 4.75. The lowest BCUT2D eigenvalue weighted by atomic mass is 10.2. The van der Waals surface area contributed by atoms with Crippen molar-refractivity contribution in [2.75, 3.05) is 0 Å². The van der Waals surface area contributed by atoms with E-state index >= 15 is 0 Å². The Balaban J connectivity index is 2.46. The van der Waals surface area contributed by atoms with Gasteiger partial charge in [0.2, 0.25) is 10.0 Å². The molecule has 0 aliphatic heterocycles. The van der Waals surface area contributed by atoms with E-state index in [-0.39, 0.29) is 9.90 Å². The summed E-state index contributed by atoms with van der Waals surface area (Å²) in [5.41, 5.74) is -0.794. The molecule has 0 saturated carbocycles. The highest BCUT2D eigenvalue weighted by Crippen LogP contribution is 2.33. The molecular weight excluding hydrogens is 301 g/mol. The third kappa shape index (κ3) is 3.11. The van der Waals surface area contributed by atoms with E-state index < -0.39 is 21.8 Å². The first-order valence-corrected chi connectivity index (χ1v) is 7.20. The molecule has 9 heteroatoms. The molecule has 4 nitrogen and oxygen atoms in total. The van der Waals surface area contributed by atoms with Crippen LogP contribution in [0.5, 0.6) is 0 Å². The van der Waals surface area contributed by atoms with Crippen molar-refractivity contribution in [1.29, 1.82) is 0 Å². The maximum atomic E-state index is 12.5. The molecule has 0 spiro atoms. The van der Waals surface area contributed by atoms with Crippen LogP contribution in [0.15, 0.2) is 34.7 Å². The molecule has 2 N–H and O–H groups in total. The Morgan fingerprint density at radius 2 is 1.89 bits per heavy atom. The van der Waals surface area contributed by atoms with Gasteiger partial charge in [0, 0.05) is 6.20 Å². The van der Waals surface area contributed by atoms with Gasteiger partial charge in [-0.3, -0.25) is 4.98 Å². The monoisotopic (exact) mass is 308 g/mol. The lowest BCUT2D eigenvalue weighted by Crippen LogP contribution is -2.09. The van der Waals surface area contributed by atoms with Crippen LogP contribution in [0.4, 0.5) is 13.2 Å². The number of nitrogens with two attached hydrogens (primary N) is 1.